The van der Waals surface area contributed by atoms with Gasteiger partial charge >= 0.3 is 0 Å². The number of halogens is 1. The van der Waals surface area contributed by atoms with Gasteiger partial charge in [-0.1, -0.05) is 17.3 Å². The summed E-state index contributed by atoms with van der Waals surface area (Å²) in [6, 6.07) is 8.70. The fourth-order valence-electron chi connectivity index (χ4n) is 6.78. The summed E-state index contributed by atoms with van der Waals surface area (Å²) >= 11 is 3.42. The van der Waals surface area contributed by atoms with Gasteiger partial charge < -0.3 is 4.90 Å². The number of nitrogens with zero attached hydrogens (tertiary/aromatic N) is 9. The van der Waals surface area contributed by atoms with Crippen molar-refractivity contribution in [2.24, 2.45) is 0 Å². The lowest BCUT2D eigenvalue weighted by Crippen LogP contribution is -2.45. The quantitative estimate of drug-likeness (QED) is 0.158. The molecule has 1 aliphatic heterocycles. The number of pyridine rings is 1. The van der Waals surface area contributed by atoms with Crippen LogP contribution in [0.25, 0.3) is 22.0 Å². The monoisotopic (exact) mass is 695 g/mol. The molecule has 5 aromatic rings. The minimum atomic E-state index is -0.659. The second kappa shape index (κ2) is 11.5. The van der Waals surface area contributed by atoms with Gasteiger partial charge in [-0.15, -0.1) is 5.10 Å². The smallest absolute Gasteiger partial charge is 0.245 e. The summed E-state index contributed by atoms with van der Waals surface area (Å²) in [7, 11) is 0. The Kier molecular flexibility index (Phi) is 7.61. The number of ketones is 2. The average Bonchev–Trinajstić information content (AvgIpc) is 3.36. The molecule has 1 aromatic carbocycles. The number of benzene rings is 1. The van der Waals surface area contributed by atoms with E-state index in [1.807, 2.05) is 68.9 Å². The highest BCUT2D eigenvalue weighted by atomic mass is 79.9. The van der Waals surface area contributed by atoms with Gasteiger partial charge in [0, 0.05) is 54.0 Å². The number of piperidine rings is 1. The second-order valence-corrected chi connectivity index (χ2v) is 13.7. The molecule has 1 aliphatic carbocycles. The van der Waals surface area contributed by atoms with Crippen molar-refractivity contribution in [3.8, 4) is 11.1 Å². The van der Waals surface area contributed by atoms with Crippen LogP contribution in [0.15, 0.2) is 53.5 Å². The van der Waals surface area contributed by atoms with Crippen molar-refractivity contribution in [2.75, 3.05) is 0 Å². The third kappa shape index (κ3) is 5.45. The Morgan fingerprint density at radius 1 is 1.04 bits per heavy atom. The van der Waals surface area contributed by atoms with Crippen molar-refractivity contribution < 1.29 is 14.4 Å². The predicted octanol–water partition coefficient (Wildman–Crippen LogP) is 4.77. The Bertz CT molecular complexity index is 2070. The highest BCUT2D eigenvalue weighted by molar-refractivity contribution is 9.10. The maximum Gasteiger partial charge on any atom is 0.245 e. The van der Waals surface area contributed by atoms with Crippen LogP contribution < -0.4 is 0 Å². The van der Waals surface area contributed by atoms with Gasteiger partial charge in [0.2, 0.25) is 5.91 Å². The van der Waals surface area contributed by atoms with Crippen LogP contribution in [0.5, 0.6) is 0 Å². The minimum absolute atomic E-state index is 0.0745. The van der Waals surface area contributed by atoms with Crippen molar-refractivity contribution in [2.45, 2.75) is 84.0 Å². The van der Waals surface area contributed by atoms with Crippen LogP contribution in [0.1, 0.15) is 72.9 Å². The van der Waals surface area contributed by atoms with E-state index >= 15 is 0 Å². The van der Waals surface area contributed by atoms with Crippen LogP contribution in [0.2, 0.25) is 0 Å². The number of aromatic nitrogens is 8. The van der Waals surface area contributed by atoms with Crippen LogP contribution in [-0.4, -0.2) is 74.2 Å². The molecule has 0 bridgehead atoms. The molecule has 47 heavy (non-hydrogen) atoms. The number of carbonyl (C=O) groups is 3. The number of aryl methyl sites for hydroxylation is 2. The lowest BCUT2D eigenvalue weighted by Gasteiger charge is -2.27. The van der Waals surface area contributed by atoms with E-state index in [1.54, 1.807) is 22.0 Å². The first kappa shape index (κ1) is 31.0. The van der Waals surface area contributed by atoms with E-state index in [1.165, 1.54) is 6.92 Å². The fourth-order valence-corrected chi connectivity index (χ4v) is 7.13. The lowest BCUT2D eigenvalue weighted by molar-refractivity contribution is -0.139. The van der Waals surface area contributed by atoms with E-state index in [4.69, 9.17) is 0 Å². The molecule has 13 heteroatoms. The zero-order valence-corrected chi connectivity index (χ0v) is 28.4. The Morgan fingerprint density at radius 3 is 2.51 bits per heavy atom. The maximum atomic E-state index is 14.3. The van der Waals surface area contributed by atoms with Crippen molar-refractivity contribution in [1.82, 2.24) is 44.6 Å². The van der Waals surface area contributed by atoms with Crippen LogP contribution in [0, 0.1) is 13.8 Å². The topological polar surface area (TPSA) is 142 Å². The summed E-state index contributed by atoms with van der Waals surface area (Å²) < 4.78 is 4.04. The first-order valence-corrected chi connectivity index (χ1v) is 16.4. The maximum absolute atomic E-state index is 14.3. The SMILES string of the molecule is CC(=O)c1nn(CC(=O)N2[C@H](C(=O)Cc3nc(Br)ccc3C)C[C@@]3(c4cn(C(C)C)nn4)C[C@@H]23)c2ccc(-c3cnc(C)nc3)cc12. The molecule has 0 unspecified atom stereocenters. The van der Waals surface area contributed by atoms with E-state index in [9.17, 15) is 14.4 Å². The van der Waals surface area contributed by atoms with Gasteiger partial charge in [-0.2, -0.15) is 5.10 Å². The number of rotatable bonds is 9. The van der Waals surface area contributed by atoms with Crippen molar-refractivity contribution in [1.29, 1.82) is 0 Å². The highest BCUT2D eigenvalue weighted by Gasteiger charge is 2.69. The van der Waals surface area contributed by atoms with Gasteiger partial charge in [-0.05, 0) is 85.8 Å². The third-order valence-electron chi connectivity index (χ3n) is 9.47. The van der Waals surface area contributed by atoms with Crippen molar-refractivity contribution in [3.05, 3.63) is 82.0 Å². The standard InChI is InChI=1S/C34H34BrN9O3/c1-18(2)42-16-29(39-41-42)34-12-27(28(46)11-25-19(3)6-9-31(35)38-25)44(30(34)13-34)32(47)17-43-26-8-7-22(23-14-36-21(5)37-15-23)10-24(26)33(40-43)20(4)45/h6-10,14-16,18,27,30H,11-13,17H2,1-5H3/t27-,30+,34-/m0/s1. The van der Waals surface area contributed by atoms with Gasteiger partial charge in [0.25, 0.3) is 0 Å². The van der Waals surface area contributed by atoms with Gasteiger partial charge in [0.1, 0.15) is 22.7 Å². The molecule has 0 N–H and O–H groups in total. The zero-order chi connectivity index (χ0) is 33.2. The number of hydrogen-bond acceptors (Lipinski definition) is 9. The predicted molar refractivity (Wildman–Crippen MR) is 177 cm³/mol. The molecule has 3 atom stereocenters. The largest absolute Gasteiger partial charge is 0.327 e. The molecule has 240 valence electrons. The van der Waals surface area contributed by atoms with E-state index in [-0.39, 0.29) is 48.2 Å². The molecule has 2 fully saturated rings. The second-order valence-electron chi connectivity index (χ2n) is 12.9. The molecule has 5 heterocycles. The Hall–Kier alpha value is -4.65. The number of Topliss-reactive ketones (excluding diaryl/α,β-unsaturated/α-hetero) is 2. The molecule has 1 amide bonds. The molecule has 1 saturated heterocycles. The summed E-state index contributed by atoms with van der Waals surface area (Å²) in [5.74, 6) is 0.142. The minimum Gasteiger partial charge on any atom is -0.327 e. The Morgan fingerprint density at radius 2 is 1.81 bits per heavy atom. The van der Waals surface area contributed by atoms with Gasteiger partial charge in [0.05, 0.1) is 29.4 Å². The molecular formula is C34H34BrN9O3. The van der Waals surface area contributed by atoms with Crippen LogP contribution in [0.3, 0.4) is 0 Å². The van der Waals surface area contributed by atoms with Gasteiger partial charge in [-0.25, -0.2) is 19.6 Å². The number of likely N-dealkylation sites (tertiary alicyclic amines) is 1. The Balaban J connectivity index is 1.22. The van der Waals surface area contributed by atoms with Crippen molar-refractivity contribution in [3.63, 3.8) is 0 Å². The molecule has 1 saturated carbocycles. The number of carbonyl (C=O) groups excluding carboxylic acids is 3. The zero-order valence-electron chi connectivity index (χ0n) is 26.8. The van der Waals surface area contributed by atoms with E-state index in [2.05, 4.69) is 46.3 Å². The summed E-state index contributed by atoms with van der Waals surface area (Å²) in [6.07, 6.45) is 6.69. The van der Waals surface area contributed by atoms with E-state index in [0.717, 1.165) is 22.4 Å². The van der Waals surface area contributed by atoms with E-state index in [0.29, 0.717) is 39.9 Å². The fraction of sp³-hybridized carbons (Fsp3) is 0.382. The van der Waals surface area contributed by atoms with Gasteiger partial charge in [0.15, 0.2) is 11.6 Å². The average molecular weight is 697 g/mol. The summed E-state index contributed by atoms with van der Waals surface area (Å²) in [4.78, 5) is 55.9. The summed E-state index contributed by atoms with van der Waals surface area (Å²) in [5.41, 5.74) is 4.53. The number of amides is 1. The first-order valence-electron chi connectivity index (χ1n) is 15.6. The van der Waals surface area contributed by atoms with E-state index < -0.39 is 11.5 Å². The summed E-state index contributed by atoms with van der Waals surface area (Å²) in [6.45, 7) is 9.15. The summed E-state index contributed by atoms with van der Waals surface area (Å²) in [5, 5.41) is 14.1. The molecular weight excluding hydrogens is 662 g/mol. The van der Waals surface area contributed by atoms with Crippen LogP contribution in [-0.2, 0) is 28.0 Å². The van der Waals surface area contributed by atoms with Crippen LogP contribution >= 0.6 is 15.9 Å². The van der Waals surface area contributed by atoms with Crippen LogP contribution in [0.4, 0.5) is 0 Å². The lowest BCUT2D eigenvalue weighted by atomic mass is 9.92. The van der Waals surface area contributed by atoms with Gasteiger partial charge in [-0.3, -0.25) is 19.1 Å². The first-order chi connectivity index (χ1) is 22.4. The van der Waals surface area contributed by atoms with Crippen molar-refractivity contribution >= 4 is 44.3 Å². The molecule has 12 nitrogen and oxygen atoms in total. The molecule has 4 aromatic heterocycles. The molecule has 0 radical (unpaired) electrons. The number of fused-ring (bicyclic) bond motifs is 2. The molecule has 0 spiro atoms. The normalized spacial score (nSPS) is 20.2. The molecule has 2 aliphatic rings. The highest BCUT2D eigenvalue weighted by Crippen LogP contribution is 2.60. The number of hydrogen-bond donors (Lipinski definition) is 0. The third-order valence-corrected chi connectivity index (χ3v) is 9.91. The molecule has 7 rings (SSSR count). The Labute approximate surface area is 279 Å².